The summed E-state index contributed by atoms with van der Waals surface area (Å²) in [6, 6.07) is 1.62. The first-order chi connectivity index (χ1) is 16.2. The van der Waals surface area contributed by atoms with Crippen LogP contribution >= 0.6 is 0 Å². The van der Waals surface area contributed by atoms with Crippen molar-refractivity contribution in [1.82, 2.24) is 4.90 Å². The molecule has 2 fully saturated rings. The van der Waals surface area contributed by atoms with Gasteiger partial charge in [0.2, 0.25) is 12.5 Å². The number of hydrogen-bond donors (Lipinski definition) is 0. The Kier molecular flexibility index (Phi) is 6.15. The van der Waals surface area contributed by atoms with E-state index in [-0.39, 0.29) is 13.6 Å². The number of carbonyl (C=O) groups is 1. The molecule has 4 aliphatic rings. The van der Waals surface area contributed by atoms with Crippen molar-refractivity contribution in [1.29, 1.82) is 0 Å². The fraction of sp³-hybridized carbons (Fsp3) is 0.522. The van der Waals surface area contributed by atoms with Crippen LogP contribution in [-0.4, -0.2) is 90.8 Å². The van der Waals surface area contributed by atoms with Crippen molar-refractivity contribution >= 4 is 11.5 Å². The van der Waals surface area contributed by atoms with Gasteiger partial charge in [0.15, 0.2) is 11.5 Å². The van der Waals surface area contributed by atoms with Crippen molar-refractivity contribution in [3.8, 4) is 17.2 Å². The average Bonchev–Trinajstić information content (AvgIpc) is 3.53. The van der Waals surface area contributed by atoms with Gasteiger partial charge >= 0.3 is 5.97 Å². The van der Waals surface area contributed by atoms with Gasteiger partial charge in [-0.25, -0.2) is 4.79 Å². The van der Waals surface area contributed by atoms with E-state index in [1.807, 2.05) is 6.08 Å². The van der Waals surface area contributed by atoms with Crippen LogP contribution in [0, 0.1) is 0 Å². The molecule has 0 amide bonds. The van der Waals surface area contributed by atoms with E-state index in [9.17, 15) is 4.79 Å². The summed E-state index contributed by atoms with van der Waals surface area (Å²) in [5, 5.41) is 0. The molecule has 0 radical (unpaired) electrons. The molecule has 1 unspecified atom stereocenters. The van der Waals surface area contributed by atoms with Crippen molar-refractivity contribution in [2.75, 3.05) is 67.8 Å². The van der Waals surface area contributed by atoms with Crippen molar-refractivity contribution in [3.63, 3.8) is 0 Å². The minimum absolute atomic E-state index is 0.0139. The number of hydrogen-bond acceptors (Lipinski definition) is 10. The third-order valence-corrected chi connectivity index (χ3v) is 6.23. The standard InChI is InChI=1S/C23H27NO9/c1-26-15-8-13(10-24-4-6-29-7-5-24)17(21-19(15)30-11-32-21)18-14(23(25)28-3)9-16(27-2)20-22(18)33-12-31-20/h8-9,19,21H,4-7,10-12H2,1-3H3/t19?,21-/m1/s1. The lowest BCUT2D eigenvalue weighted by Gasteiger charge is -2.33. The number of methoxy groups -OCH3 is 3. The maximum Gasteiger partial charge on any atom is 0.338 e. The van der Waals surface area contributed by atoms with Crippen LogP contribution in [0.2, 0.25) is 0 Å². The van der Waals surface area contributed by atoms with Crippen LogP contribution in [0.25, 0.3) is 5.57 Å². The van der Waals surface area contributed by atoms with Gasteiger partial charge in [0.05, 0.1) is 40.1 Å². The minimum Gasteiger partial charge on any atom is -0.498 e. The Bertz CT molecular complexity index is 996. The topological polar surface area (TPSA) is 94.2 Å². The van der Waals surface area contributed by atoms with Gasteiger partial charge in [-0.15, -0.1) is 0 Å². The van der Waals surface area contributed by atoms with E-state index in [4.69, 9.17) is 37.9 Å². The monoisotopic (exact) mass is 461 g/mol. The molecule has 1 aromatic rings. The van der Waals surface area contributed by atoms with E-state index < -0.39 is 18.2 Å². The molecule has 0 N–H and O–H groups in total. The predicted molar refractivity (Wildman–Crippen MR) is 114 cm³/mol. The van der Waals surface area contributed by atoms with E-state index in [0.29, 0.717) is 53.9 Å². The molecule has 0 bridgehead atoms. The van der Waals surface area contributed by atoms with Gasteiger partial charge in [-0.05, 0) is 17.7 Å². The van der Waals surface area contributed by atoms with Crippen molar-refractivity contribution in [3.05, 3.63) is 34.6 Å². The van der Waals surface area contributed by atoms with E-state index in [2.05, 4.69) is 4.90 Å². The number of rotatable bonds is 6. The highest BCUT2D eigenvalue weighted by atomic mass is 16.7. The van der Waals surface area contributed by atoms with Crippen LogP contribution in [-0.2, 0) is 23.7 Å². The van der Waals surface area contributed by atoms with E-state index in [0.717, 1.165) is 24.2 Å². The smallest absolute Gasteiger partial charge is 0.338 e. The molecule has 5 rings (SSSR count). The normalized spacial score (nSPS) is 24.4. The van der Waals surface area contributed by atoms with Gasteiger partial charge in [0, 0.05) is 30.8 Å². The third kappa shape index (κ3) is 3.82. The number of ether oxygens (including phenoxy) is 8. The summed E-state index contributed by atoms with van der Waals surface area (Å²) in [6.45, 7) is 3.65. The molecular formula is C23H27NO9. The average molecular weight is 461 g/mol. The summed E-state index contributed by atoms with van der Waals surface area (Å²) in [7, 11) is 4.47. The molecular weight excluding hydrogens is 434 g/mol. The zero-order chi connectivity index (χ0) is 22.9. The predicted octanol–water partition coefficient (Wildman–Crippen LogP) is 1.58. The second-order valence-electron chi connectivity index (χ2n) is 7.93. The van der Waals surface area contributed by atoms with Crippen molar-refractivity contribution in [2.45, 2.75) is 12.2 Å². The van der Waals surface area contributed by atoms with Crippen LogP contribution in [0.3, 0.4) is 0 Å². The number of benzene rings is 1. The molecule has 0 saturated carbocycles. The highest BCUT2D eigenvalue weighted by molar-refractivity contribution is 6.00. The summed E-state index contributed by atoms with van der Waals surface area (Å²) >= 11 is 0. The van der Waals surface area contributed by atoms with E-state index in [1.54, 1.807) is 13.2 Å². The first-order valence-electron chi connectivity index (χ1n) is 10.8. The summed E-state index contributed by atoms with van der Waals surface area (Å²) in [4.78, 5) is 15.2. The highest BCUT2D eigenvalue weighted by Crippen LogP contribution is 2.51. The van der Waals surface area contributed by atoms with Gasteiger partial charge in [-0.1, -0.05) is 0 Å². The molecule has 3 heterocycles. The summed E-state index contributed by atoms with van der Waals surface area (Å²) < 4.78 is 45.2. The van der Waals surface area contributed by atoms with Crippen molar-refractivity contribution in [2.24, 2.45) is 0 Å². The van der Waals surface area contributed by atoms with Gasteiger partial charge in [-0.2, -0.15) is 0 Å². The zero-order valence-electron chi connectivity index (χ0n) is 18.9. The number of morpholine rings is 1. The Hall–Kier alpha value is -2.79. The van der Waals surface area contributed by atoms with Crippen LogP contribution in [0.1, 0.15) is 15.9 Å². The quantitative estimate of drug-likeness (QED) is 0.581. The lowest BCUT2D eigenvalue weighted by atomic mass is 9.83. The Morgan fingerprint density at radius 2 is 1.79 bits per heavy atom. The first-order valence-corrected chi connectivity index (χ1v) is 10.8. The van der Waals surface area contributed by atoms with Gasteiger partial charge in [0.25, 0.3) is 0 Å². The van der Waals surface area contributed by atoms with E-state index >= 15 is 0 Å². The van der Waals surface area contributed by atoms with Crippen LogP contribution in [0.5, 0.6) is 17.2 Å². The molecule has 0 aromatic heterocycles. The SMILES string of the molecule is COC(=O)c1cc(OC)c2c(c1C1=C(CN3CCOCC3)C=C(OC)C3OCO[C@H]13)OCO2. The summed E-state index contributed by atoms with van der Waals surface area (Å²) in [6.07, 6.45) is 1.03. The summed E-state index contributed by atoms with van der Waals surface area (Å²) in [5.74, 6) is 1.41. The number of esters is 1. The van der Waals surface area contributed by atoms with Crippen molar-refractivity contribution < 1.29 is 42.7 Å². The van der Waals surface area contributed by atoms with Crippen LogP contribution in [0.15, 0.2) is 23.5 Å². The Morgan fingerprint density at radius 1 is 1.03 bits per heavy atom. The minimum atomic E-state index is -0.517. The molecule has 1 aliphatic carbocycles. The molecule has 2 atom stereocenters. The molecule has 3 aliphatic heterocycles. The molecule has 10 nitrogen and oxygen atoms in total. The third-order valence-electron chi connectivity index (χ3n) is 6.23. The van der Waals surface area contributed by atoms with Gasteiger partial charge < -0.3 is 37.9 Å². The Balaban J connectivity index is 1.73. The second-order valence-corrected chi connectivity index (χ2v) is 7.93. The van der Waals surface area contributed by atoms with Crippen LogP contribution < -0.4 is 14.2 Å². The van der Waals surface area contributed by atoms with Crippen LogP contribution in [0.4, 0.5) is 0 Å². The largest absolute Gasteiger partial charge is 0.498 e. The first kappa shape index (κ1) is 22.0. The molecule has 10 heteroatoms. The fourth-order valence-corrected chi connectivity index (χ4v) is 4.68. The maximum atomic E-state index is 12.9. The summed E-state index contributed by atoms with van der Waals surface area (Å²) in [5.41, 5.74) is 2.59. The molecule has 33 heavy (non-hydrogen) atoms. The van der Waals surface area contributed by atoms with Gasteiger partial charge in [0.1, 0.15) is 24.8 Å². The number of fused-ring (bicyclic) bond motifs is 2. The Labute approximate surface area is 191 Å². The lowest BCUT2D eigenvalue weighted by molar-refractivity contribution is 0.0395. The number of nitrogens with zero attached hydrogens (tertiary/aromatic N) is 1. The molecule has 178 valence electrons. The van der Waals surface area contributed by atoms with Gasteiger partial charge in [-0.3, -0.25) is 4.90 Å². The molecule has 2 saturated heterocycles. The zero-order valence-corrected chi connectivity index (χ0v) is 18.9. The highest BCUT2D eigenvalue weighted by Gasteiger charge is 2.44. The lowest BCUT2D eigenvalue weighted by Crippen LogP contribution is -2.39. The second kappa shape index (κ2) is 9.22. The fourth-order valence-electron chi connectivity index (χ4n) is 4.68. The number of carbonyl (C=O) groups excluding carboxylic acids is 1. The Morgan fingerprint density at radius 3 is 2.52 bits per heavy atom. The molecule has 0 spiro atoms. The molecule has 1 aromatic carbocycles. The maximum absolute atomic E-state index is 12.9. The van der Waals surface area contributed by atoms with E-state index in [1.165, 1.54) is 14.2 Å².